The van der Waals surface area contributed by atoms with E-state index in [1.54, 1.807) is 38.1 Å². The number of hydrogen-bond acceptors (Lipinski definition) is 4. The number of nitrogens with one attached hydrogen (secondary N) is 2. The second kappa shape index (κ2) is 8.05. The molecule has 1 saturated heterocycles. The number of benzene rings is 2. The van der Waals surface area contributed by atoms with Gasteiger partial charge in [-0.05, 0) is 51.2 Å². The highest BCUT2D eigenvalue weighted by atomic mass is 16.2. The van der Waals surface area contributed by atoms with Crippen LogP contribution in [0.1, 0.15) is 32.4 Å². The van der Waals surface area contributed by atoms with Gasteiger partial charge in [-0.2, -0.15) is 0 Å². The van der Waals surface area contributed by atoms with Gasteiger partial charge in [0, 0.05) is 5.69 Å². The van der Waals surface area contributed by atoms with E-state index in [1.807, 2.05) is 49.2 Å². The molecule has 0 unspecified atom stereocenters. The fourth-order valence-electron chi connectivity index (χ4n) is 3.34. The topological polar surface area (TPSA) is 81.8 Å². The quantitative estimate of drug-likeness (QED) is 0.738. The van der Waals surface area contributed by atoms with E-state index in [0.717, 1.165) is 10.5 Å². The maximum absolute atomic E-state index is 13.1. The number of urea groups is 1. The number of likely N-dealkylation sites (N-methyl/N-ethyl adjacent to an activating group) is 1. The Kier molecular flexibility index (Phi) is 5.70. The molecule has 0 radical (unpaired) electrons. The molecule has 3 rings (SSSR count). The van der Waals surface area contributed by atoms with Crippen molar-refractivity contribution in [2.75, 3.05) is 23.8 Å². The molecule has 0 spiro atoms. The number of carbonyl (C=O) groups is 3. The van der Waals surface area contributed by atoms with Crippen LogP contribution in [-0.2, 0) is 9.59 Å². The van der Waals surface area contributed by atoms with Crippen molar-refractivity contribution in [2.24, 2.45) is 0 Å². The van der Waals surface area contributed by atoms with Crippen molar-refractivity contribution >= 4 is 29.2 Å². The summed E-state index contributed by atoms with van der Waals surface area (Å²) in [5.74, 6) is -0.519. The first-order valence-electron chi connectivity index (χ1n) is 9.57. The Morgan fingerprint density at radius 2 is 1.83 bits per heavy atom. The molecular weight excluding hydrogens is 368 g/mol. The van der Waals surface area contributed by atoms with Crippen LogP contribution in [0, 0.1) is 0 Å². The van der Waals surface area contributed by atoms with Gasteiger partial charge < -0.3 is 10.6 Å². The summed E-state index contributed by atoms with van der Waals surface area (Å²) in [4.78, 5) is 40.9. The van der Waals surface area contributed by atoms with Crippen LogP contribution in [0.25, 0.3) is 0 Å². The molecule has 29 heavy (non-hydrogen) atoms. The number of carbonyl (C=O) groups excluding carboxylic acids is 3. The molecular formula is C22H26N4O3. The zero-order chi connectivity index (χ0) is 21.2. The average Bonchev–Trinajstić information content (AvgIpc) is 2.89. The van der Waals surface area contributed by atoms with E-state index in [4.69, 9.17) is 0 Å². The van der Waals surface area contributed by atoms with E-state index < -0.39 is 17.6 Å². The number of amides is 4. The lowest BCUT2D eigenvalue weighted by molar-refractivity contribution is -0.121. The monoisotopic (exact) mass is 394 g/mol. The third-order valence-corrected chi connectivity index (χ3v) is 5.04. The Hall–Kier alpha value is -3.19. The van der Waals surface area contributed by atoms with Crippen LogP contribution >= 0.6 is 0 Å². The lowest BCUT2D eigenvalue weighted by Gasteiger charge is -2.26. The van der Waals surface area contributed by atoms with Crippen LogP contribution < -0.4 is 15.5 Å². The average molecular weight is 394 g/mol. The minimum atomic E-state index is -0.960. The lowest BCUT2D eigenvalue weighted by Crippen LogP contribution is -2.40. The van der Waals surface area contributed by atoms with Crippen molar-refractivity contribution < 1.29 is 14.4 Å². The van der Waals surface area contributed by atoms with Crippen molar-refractivity contribution in [3.05, 3.63) is 60.2 Å². The van der Waals surface area contributed by atoms with Crippen LogP contribution in [-0.4, -0.2) is 41.9 Å². The van der Waals surface area contributed by atoms with E-state index in [1.165, 1.54) is 0 Å². The molecule has 4 amide bonds. The largest absolute Gasteiger partial charge is 0.329 e. The molecule has 1 fully saturated rings. The highest BCUT2D eigenvalue weighted by Gasteiger charge is 2.45. The van der Waals surface area contributed by atoms with Crippen LogP contribution in [0.2, 0.25) is 0 Å². The van der Waals surface area contributed by atoms with Gasteiger partial charge in [-0.1, -0.05) is 43.3 Å². The molecule has 7 heteroatoms. The molecule has 7 nitrogen and oxygen atoms in total. The van der Waals surface area contributed by atoms with E-state index in [0.29, 0.717) is 17.9 Å². The van der Waals surface area contributed by atoms with Crippen molar-refractivity contribution in [3.63, 3.8) is 0 Å². The van der Waals surface area contributed by atoms with E-state index in [9.17, 15) is 14.4 Å². The summed E-state index contributed by atoms with van der Waals surface area (Å²) >= 11 is 0. The Balaban J connectivity index is 1.85. The second-order valence-electron chi connectivity index (χ2n) is 7.62. The van der Waals surface area contributed by atoms with Crippen LogP contribution in [0.4, 0.5) is 16.2 Å². The molecule has 152 valence electrons. The number of anilines is 2. The van der Waals surface area contributed by atoms with Crippen LogP contribution in [0.15, 0.2) is 54.6 Å². The zero-order valence-electron chi connectivity index (χ0n) is 17.1. The minimum Gasteiger partial charge on any atom is -0.324 e. The van der Waals surface area contributed by atoms with Gasteiger partial charge in [-0.25, -0.2) is 9.69 Å². The highest BCUT2D eigenvalue weighted by Crippen LogP contribution is 2.28. The zero-order valence-corrected chi connectivity index (χ0v) is 17.1. The predicted octanol–water partition coefficient (Wildman–Crippen LogP) is 3.15. The standard InChI is InChI=1S/C22H26N4O3/c1-5-25(4)18(15-10-7-6-8-11-15)19(27)23-16-12-9-13-17(14-16)26-20(28)22(2,3)24-21(26)29/h6-14,18H,5H2,1-4H3,(H,23,27)(H,24,29)/t18-/m0/s1. The number of imide groups is 1. The van der Waals surface area contributed by atoms with Crippen molar-refractivity contribution in [1.29, 1.82) is 0 Å². The Morgan fingerprint density at radius 1 is 1.14 bits per heavy atom. The summed E-state index contributed by atoms with van der Waals surface area (Å²) in [6, 6.07) is 15.4. The Bertz CT molecular complexity index is 927. The Labute approximate surface area is 170 Å². The summed E-state index contributed by atoms with van der Waals surface area (Å²) in [5.41, 5.74) is 0.860. The first kappa shape index (κ1) is 20.5. The summed E-state index contributed by atoms with van der Waals surface area (Å²) < 4.78 is 0. The molecule has 0 aromatic heterocycles. The van der Waals surface area contributed by atoms with Gasteiger partial charge in [0.25, 0.3) is 5.91 Å². The van der Waals surface area contributed by atoms with Gasteiger partial charge in [0.15, 0.2) is 0 Å². The van der Waals surface area contributed by atoms with E-state index >= 15 is 0 Å². The number of nitrogens with zero attached hydrogens (tertiary/aromatic N) is 2. The van der Waals surface area contributed by atoms with Gasteiger partial charge in [0.2, 0.25) is 5.91 Å². The van der Waals surface area contributed by atoms with Crippen LogP contribution in [0.3, 0.4) is 0 Å². The normalized spacial score (nSPS) is 16.7. The fourth-order valence-corrected chi connectivity index (χ4v) is 3.34. The van der Waals surface area contributed by atoms with Crippen molar-refractivity contribution in [3.8, 4) is 0 Å². The Morgan fingerprint density at radius 3 is 2.41 bits per heavy atom. The number of hydrogen-bond donors (Lipinski definition) is 2. The third-order valence-electron chi connectivity index (χ3n) is 5.04. The van der Waals surface area contributed by atoms with Gasteiger partial charge >= 0.3 is 6.03 Å². The molecule has 0 aliphatic carbocycles. The summed E-state index contributed by atoms with van der Waals surface area (Å²) in [5, 5.41) is 5.58. The summed E-state index contributed by atoms with van der Waals surface area (Å²) in [7, 11) is 1.89. The molecule has 2 N–H and O–H groups in total. The number of rotatable bonds is 6. The van der Waals surface area contributed by atoms with Gasteiger partial charge in [0.1, 0.15) is 11.6 Å². The van der Waals surface area contributed by atoms with Gasteiger partial charge in [-0.15, -0.1) is 0 Å². The van der Waals surface area contributed by atoms with E-state index in [2.05, 4.69) is 10.6 Å². The molecule has 1 aliphatic heterocycles. The van der Waals surface area contributed by atoms with Gasteiger partial charge in [-0.3, -0.25) is 14.5 Å². The van der Waals surface area contributed by atoms with Gasteiger partial charge in [0.05, 0.1) is 5.69 Å². The molecule has 1 aliphatic rings. The highest BCUT2D eigenvalue weighted by molar-refractivity contribution is 6.23. The SMILES string of the molecule is CCN(C)[C@H](C(=O)Nc1cccc(N2C(=O)NC(C)(C)C2=O)c1)c1ccccc1. The molecule has 0 saturated carbocycles. The van der Waals surface area contributed by atoms with Crippen molar-refractivity contribution in [2.45, 2.75) is 32.4 Å². The fraction of sp³-hybridized carbons (Fsp3) is 0.318. The molecule has 0 bridgehead atoms. The molecule has 2 aromatic rings. The van der Waals surface area contributed by atoms with Crippen molar-refractivity contribution in [1.82, 2.24) is 10.2 Å². The maximum atomic E-state index is 13.1. The minimum absolute atomic E-state index is 0.185. The van der Waals surface area contributed by atoms with E-state index in [-0.39, 0.29) is 11.8 Å². The smallest absolute Gasteiger partial charge is 0.324 e. The summed E-state index contributed by atoms with van der Waals surface area (Å²) in [6.07, 6.45) is 0. The van der Waals surface area contributed by atoms with Crippen LogP contribution in [0.5, 0.6) is 0 Å². The molecule has 1 heterocycles. The third kappa shape index (κ3) is 4.14. The maximum Gasteiger partial charge on any atom is 0.329 e. The lowest BCUT2D eigenvalue weighted by atomic mass is 10.0. The first-order chi connectivity index (χ1) is 13.7. The predicted molar refractivity (Wildman–Crippen MR) is 113 cm³/mol. The first-order valence-corrected chi connectivity index (χ1v) is 9.57. The summed E-state index contributed by atoms with van der Waals surface area (Å²) in [6.45, 7) is 6.00. The molecule has 1 atom stereocenters. The molecule has 2 aromatic carbocycles. The second-order valence-corrected chi connectivity index (χ2v) is 7.62.